The Balaban J connectivity index is 1.83. The molecule has 1 fully saturated rings. The van der Waals surface area contributed by atoms with Gasteiger partial charge in [0.1, 0.15) is 11.6 Å². The molecule has 112 valence electrons. The van der Waals surface area contributed by atoms with E-state index in [1.54, 1.807) is 0 Å². The first-order valence-corrected chi connectivity index (χ1v) is 7.63. The average molecular weight is 307 g/mol. The lowest BCUT2D eigenvalue weighted by atomic mass is 9.98. The van der Waals surface area contributed by atoms with E-state index in [0.29, 0.717) is 17.5 Å². The predicted octanol–water partition coefficient (Wildman–Crippen LogP) is 1.77. The average Bonchev–Trinajstić information content (AvgIpc) is 3.30. The minimum absolute atomic E-state index is 0.0910. The smallest absolute Gasteiger partial charge is 0.276 e. The van der Waals surface area contributed by atoms with E-state index in [4.69, 9.17) is 11.6 Å². The molecule has 0 saturated heterocycles. The first-order valence-electron chi connectivity index (χ1n) is 7.25. The van der Waals surface area contributed by atoms with Crippen molar-refractivity contribution in [2.45, 2.75) is 38.3 Å². The van der Waals surface area contributed by atoms with E-state index in [9.17, 15) is 10.1 Å². The molecule has 2 atom stereocenters. The van der Waals surface area contributed by atoms with E-state index in [-0.39, 0.29) is 11.9 Å². The molecule has 3 N–H and O–H groups in total. The summed E-state index contributed by atoms with van der Waals surface area (Å²) < 4.78 is 0. The van der Waals surface area contributed by atoms with Crippen molar-refractivity contribution < 1.29 is 10.1 Å². The first kappa shape index (κ1) is 15.8. The number of carbonyl (C=O) groups excluding carboxylic acids is 1. The van der Waals surface area contributed by atoms with Crippen molar-refractivity contribution in [3.05, 3.63) is 34.9 Å². The Morgan fingerprint density at radius 3 is 2.67 bits per heavy atom. The minimum Gasteiger partial charge on any atom is -0.333 e. The Morgan fingerprint density at radius 1 is 1.52 bits per heavy atom. The molecule has 1 aliphatic rings. The van der Waals surface area contributed by atoms with E-state index in [0.717, 1.165) is 18.4 Å². The van der Waals surface area contributed by atoms with E-state index in [1.165, 1.54) is 0 Å². The third-order valence-electron chi connectivity index (χ3n) is 4.08. The molecule has 21 heavy (non-hydrogen) atoms. The zero-order valence-corrected chi connectivity index (χ0v) is 13.2. The molecule has 0 spiro atoms. The van der Waals surface area contributed by atoms with E-state index < -0.39 is 5.54 Å². The second-order valence-electron chi connectivity index (χ2n) is 5.92. The molecule has 0 aliphatic heterocycles. The SMILES string of the molecule is C[C@@H]([NH2+]CC(=O)N[C@@](C)(C#N)C1CC1)c1ccc(Cl)cc1. The normalized spacial score (nSPS) is 18.4. The van der Waals surface area contributed by atoms with Crippen molar-refractivity contribution in [1.29, 1.82) is 5.26 Å². The molecule has 0 unspecified atom stereocenters. The van der Waals surface area contributed by atoms with Crippen LogP contribution in [0.1, 0.15) is 38.3 Å². The Morgan fingerprint density at radius 2 is 2.14 bits per heavy atom. The summed E-state index contributed by atoms with van der Waals surface area (Å²) in [6, 6.07) is 10.0. The number of rotatable bonds is 6. The van der Waals surface area contributed by atoms with E-state index in [1.807, 2.05) is 43.4 Å². The highest BCUT2D eigenvalue weighted by molar-refractivity contribution is 6.30. The molecule has 1 aliphatic carbocycles. The van der Waals surface area contributed by atoms with Gasteiger partial charge in [-0.25, -0.2) is 0 Å². The highest BCUT2D eigenvalue weighted by Crippen LogP contribution is 2.39. The number of benzene rings is 1. The zero-order valence-electron chi connectivity index (χ0n) is 12.4. The fourth-order valence-electron chi connectivity index (χ4n) is 2.41. The second kappa shape index (κ2) is 6.46. The maximum absolute atomic E-state index is 12.0. The third-order valence-corrected chi connectivity index (χ3v) is 4.33. The second-order valence-corrected chi connectivity index (χ2v) is 6.35. The number of nitrogens with one attached hydrogen (secondary N) is 1. The standard InChI is InChI=1S/C16H20ClN3O/c1-11(12-3-7-14(17)8-4-12)19-9-15(21)20-16(2,10-18)13-5-6-13/h3-4,7-8,11,13,19H,5-6,9H2,1-2H3,(H,20,21)/p+1/t11-,16+/m1/s1. The molecule has 1 aromatic rings. The third kappa shape index (κ3) is 4.20. The van der Waals surface area contributed by atoms with Gasteiger partial charge in [0.15, 0.2) is 6.54 Å². The monoisotopic (exact) mass is 306 g/mol. The summed E-state index contributed by atoms with van der Waals surface area (Å²) in [5.74, 6) is 0.215. The molecule has 0 aromatic heterocycles. The van der Waals surface area contributed by atoms with Crippen LogP contribution < -0.4 is 10.6 Å². The molecule has 0 heterocycles. The van der Waals surface area contributed by atoms with Crippen LogP contribution in [0.15, 0.2) is 24.3 Å². The van der Waals surface area contributed by atoms with Crippen LogP contribution in [0.3, 0.4) is 0 Å². The Bertz CT molecular complexity index is 548. The summed E-state index contributed by atoms with van der Waals surface area (Å²) in [6.07, 6.45) is 2.05. The Kier molecular flexibility index (Phi) is 4.87. The van der Waals surface area contributed by atoms with Gasteiger partial charge in [0, 0.05) is 10.6 Å². The van der Waals surface area contributed by atoms with Crippen molar-refractivity contribution in [3.63, 3.8) is 0 Å². The van der Waals surface area contributed by atoms with Gasteiger partial charge in [-0.2, -0.15) is 5.26 Å². The maximum Gasteiger partial charge on any atom is 0.276 e. The molecule has 5 heteroatoms. The molecular weight excluding hydrogens is 286 g/mol. The first-order chi connectivity index (χ1) is 9.94. The summed E-state index contributed by atoms with van der Waals surface area (Å²) in [5, 5.41) is 14.8. The van der Waals surface area contributed by atoms with Crippen molar-refractivity contribution in [3.8, 4) is 6.07 Å². The fourth-order valence-corrected chi connectivity index (χ4v) is 2.53. The molecule has 4 nitrogen and oxygen atoms in total. The number of hydrogen-bond acceptors (Lipinski definition) is 2. The lowest BCUT2D eigenvalue weighted by Crippen LogP contribution is -2.87. The van der Waals surface area contributed by atoms with Gasteiger partial charge < -0.3 is 10.6 Å². The Hall–Kier alpha value is -1.57. The largest absolute Gasteiger partial charge is 0.333 e. The summed E-state index contributed by atoms with van der Waals surface area (Å²) in [4.78, 5) is 12.0. The van der Waals surface area contributed by atoms with Crippen LogP contribution in [0, 0.1) is 17.2 Å². The summed E-state index contributed by atoms with van der Waals surface area (Å²) in [5.41, 5.74) is 0.409. The topological polar surface area (TPSA) is 69.5 Å². The van der Waals surface area contributed by atoms with Crippen molar-refractivity contribution in [2.75, 3.05) is 6.54 Å². The molecular formula is C16H21ClN3O+. The van der Waals surface area contributed by atoms with E-state index in [2.05, 4.69) is 11.4 Å². The predicted molar refractivity (Wildman–Crippen MR) is 81.5 cm³/mol. The van der Waals surface area contributed by atoms with Gasteiger partial charge in [-0.15, -0.1) is 0 Å². The quantitative estimate of drug-likeness (QED) is 0.841. The number of nitriles is 1. The van der Waals surface area contributed by atoms with Crippen molar-refractivity contribution in [2.24, 2.45) is 5.92 Å². The molecule has 2 rings (SSSR count). The fraction of sp³-hybridized carbons (Fsp3) is 0.500. The number of amides is 1. The van der Waals surface area contributed by atoms with Crippen LogP contribution in [0.4, 0.5) is 0 Å². The molecule has 0 radical (unpaired) electrons. The lowest BCUT2D eigenvalue weighted by molar-refractivity contribution is -0.682. The lowest BCUT2D eigenvalue weighted by Gasteiger charge is -2.22. The maximum atomic E-state index is 12.0. The van der Waals surface area contributed by atoms with Gasteiger partial charge in [0.25, 0.3) is 5.91 Å². The summed E-state index contributed by atoms with van der Waals surface area (Å²) in [7, 11) is 0. The number of hydrogen-bond donors (Lipinski definition) is 2. The molecule has 0 bridgehead atoms. The summed E-state index contributed by atoms with van der Waals surface area (Å²) >= 11 is 5.86. The number of halogens is 1. The van der Waals surface area contributed by atoms with Crippen molar-refractivity contribution in [1.82, 2.24) is 5.32 Å². The van der Waals surface area contributed by atoms with Gasteiger partial charge in [0.2, 0.25) is 0 Å². The highest BCUT2D eigenvalue weighted by atomic mass is 35.5. The van der Waals surface area contributed by atoms with Gasteiger partial charge in [0.05, 0.1) is 6.07 Å². The number of carbonyl (C=O) groups is 1. The van der Waals surface area contributed by atoms with Crippen LogP contribution >= 0.6 is 11.6 Å². The molecule has 1 amide bonds. The van der Waals surface area contributed by atoms with Crippen LogP contribution in [-0.4, -0.2) is 18.0 Å². The van der Waals surface area contributed by atoms with Gasteiger partial charge >= 0.3 is 0 Å². The van der Waals surface area contributed by atoms with E-state index >= 15 is 0 Å². The zero-order chi connectivity index (χ0) is 15.5. The minimum atomic E-state index is -0.714. The number of quaternary nitrogens is 1. The van der Waals surface area contributed by atoms with Crippen LogP contribution in [-0.2, 0) is 4.79 Å². The van der Waals surface area contributed by atoms with Crippen LogP contribution in [0.2, 0.25) is 5.02 Å². The van der Waals surface area contributed by atoms with Crippen LogP contribution in [0.25, 0.3) is 0 Å². The Labute approximate surface area is 130 Å². The van der Waals surface area contributed by atoms with Gasteiger partial charge in [-0.3, -0.25) is 4.79 Å². The number of nitrogens with zero attached hydrogens (tertiary/aromatic N) is 1. The summed E-state index contributed by atoms with van der Waals surface area (Å²) in [6.45, 7) is 4.17. The molecule has 1 aromatic carbocycles. The number of nitrogens with two attached hydrogens (primary N) is 1. The molecule has 1 saturated carbocycles. The highest BCUT2D eigenvalue weighted by Gasteiger charge is 2.43. The van der Waals surface area contributed by atoms with Gasteiger partial charge in [-0.05, 0) is 44.7 Å². The van der Waals surface area contributed by atoms with Gasteiger partial charge in [-0.1, -0.05) is 23.7 Å². The van der Waals surface area contributed by atoms with Crippen LogP contribution in [0.5, 0.6) is 0 Å². The van der Waals surface area contributed by atoms with Crippen molar-refractivity contribution >= 4 is 17.5 Å².